The van der Waals surface area contributed by atoms with Gasteiger partial charge in [-0.2, -0.15) is 0 Å². The predicted octanol–water partition coefficient (Wildman–Crippen LogP) is 2.89. The van der Waals surface area contributed by atoms with E-state index in [-0.39, 0.29) is 18.1 Å². The van der Waals surface area contributed by atoms with Gasteiger partial charge in [0.15, 0.2) is 0 Å². The monoisotopic (exact) mass is 241 g/mol. The molecule has 1 unspecified atom stereocenters. The van der Waals surface area contributed by atoms with Crippen molar-refractivity contribution < 1.29 is 9.53 Å². The third-order valence-electron chi connectivity index (χ3n) is 3.61. The van der Waals surface area contributed by atoms with Crippen LogP contribution in [0.25, 0.3) is 0 Å². The summed E-state index contributed by atoms with van der Waals surface area (Å²) in [7, 11) is 0. The van der Waals surface area contributed by atoms with Crippen molar-refractivity contribution in [1.82, 2.24) is 5.32 Å². The summed E-state index contributed by atoms with van der Waals surface area (Å²) < 4.78 is 5.52. The number of hydrogen-bond acceptors (Lipinski definition) is 3. The van der Waals surface area contributed by atoms with Crippen LogP contribution in [0, 0.1) is 5.41 Å². The summed E-state index contributed by atoms with van der Waals surface area (Å²) >= 11 is 0. The van der Waals surface area contributed by atoms with Crippen molar-refractivity contribution in [3.63, 3.8) is 0 Å². The summed E-state index contributed by atoms with van der Waals surface area (Å²) in [5.41, 5.74) is 0.431. The molecule has 1 fully saturated rings. The zero-order valence-electron chi connectivity index (χ0n) is 11.7. The highest BCUT2D eigenvalue weighted by molar-refractivity contribution is 5.70. The average molecular weight is 241 g/mol. The van der Waals surface area contributed by atoms with Crippen LogP contribution in [0.15, 0.2) is 0 Å². The molecule has 0 amide bonds. The molecule has 0 spiro atoms. The van der Waals surface area contributed by atoms with E-state index in [1.54, 1.807) is 0 Å². The first-order valence-corrected chi connectivity index (χ1v) is 6.86. The molecule has 1 rings (SSSR count). The fourth-order valence-electron chi connectivity index (χ4n) is 2.40. The number of rotatable bonds is 5. The van der Waals surface area contributed by atoms with E-state index >= 15 is 0 Å². The molecule has 1 saturated carbocycles. The largest absolute Gasteiger partial charge is 0.462 e. The maximum atomic E-state index is 11.7. The van der Waals surface area contributed by atoms with E-state index in [2.05, 4.69) is 19.2 Å². The van der Waals surface area contributed by atoms with Crippen molar-refractivity contribution in [2.24, 2.45) is 5.41 Å². The molecule has 17 heavy (non-hydrogen) atoms. The molecule has 0 bridgehead atoms. The molecule has 0 aromatic rings. The van der Waals surface area contributed by atoms with Crippen LogP contribution >= 0.6 is 0 Å². The average Bonchev–Trinajstić information content (AvgIpc) is 2.21. The Morgan fingerprint density at radius 2 is 2.00 bits per heavy atom. The molecule has 0 heterocycles. The Bertz CT molecular complexity index is 241. The molecule has 0 saturated heterocycles. The molecular formula is C14H27NO2. The SMILES string of the molecule is CCNC(C)CC(=O)OC1CCC(C)(C)CC1. The Morgan fingerprint density at radius 3 is 2.53 bits per heavy atom. The lowest BCUT2D eigenvalue weighted by atomic mass is 9.76. The molecule has 1 aliphatic carbocycles. The lowest BCUT2D eigenvalue weighted by molar-refractivity contribution is -0.152. The van der Waals surface area contributed by atoms with E-state index < -0.39 is 0 Å². The summed E-state index contributed by atoms with van der Waals surface area (Å²) in [5.74, 6) is -0.0526. The molecule has 1 atom stereocenters. The molecule has 0 aromatic carbocycles. The summed E-state index contributed by atoms with van der Waals surface area (Å²) in [5, 5.41) is 3.23. The number of carbonyl (C=O) groups is 1. The Morgan fingerprint density at radius 1 is 1.41 bits per heavy atom. The molecule has 3 heteroatoms. The van der Waals surface area contributed by atoms with E-state index in [1.165, 1.54) is 0 Å². The second-order valence-electron chi connectivity index (χ2n) is 6.02. The first-order chi connectivity index (χ1) is 7.93. The quantitative estimate of drug-likeness (QED) is 0.752. The fourth-order valence-corrected chi connectivity index (χ4v) is 2.40. The van der Waals surface area contributed by atoms with Gasteiger partial charge in [0.05, 0.1) is 6.42 Å². The highest BCUT2D eigenvalue weighted by atomic mass is 16.5. The number of ether oxygens (including phenoxy) is 1. The zero-order valence-corrected chi connectivity index (χ0v) is 11.7. The van der Waals surface area contributed by atoms with Crippen molar-refractivity contribution in [3.05, 3.63) is 0 Å². The normalized spacial score (nSPS) is 22.1. The minimum Gasteiger partial charge on any atom is -0.462 e. The van der Waals surface area contributed by atoms with Crippen molar-refractivity contribution in [2.75, 3.05) is 6.54 Å². The van der Waals surface area contributed by atoms with E-state index in [0.717, 1.165) is 32.2 Å². The van der Waals surface area contributed by atoms with Crippen LogP contribution in [0.2, 0.25) is 0 Å². The van der Waals surface area contributed by atoms with E-state index in [0.29, 0.717) is 11.8 Å². The van der Waals surface area contributed by atoms with Gasteiger partial charge in [0, 0.05) is 6.04 Å². The minimum absolute atomic E-state index is 0.0526. The van der Waals surface area contributed by atoms with Gasteiger partial charge in [-0.05, 0) is 44.6 Å². The lowest BCUT2D eigenvalue weighted by Gasteiger charge is -2.34. The zero-order chi connectivity index (χ0) is 12.9. The van der Waals surface area contributed by atoms with Crippen LogP contribution < -0.4 is 5.32 Å². The van der Waals surface area contributed by atoms with Crippen LogP contribution in [0.5, 0.6) is 0 Å². The van der Waals surface area contributed by atoms with E-state index in [4.69, 9.17) is 4.74 Å². The highest BCUT2D eigenvalue weighted by Gasteiger charge is 2.28. The summed E-state index contributed by atoms with van der Waals surface area (Å²) in [6.07, 6.45) is 5.00. The molecule has 100 valence electrons. The number of carbonyl (C=O) groups excluding carboxylic acids is 1. The standard InChI is InChI=1S/C14H27NO2/c1-5-15-11(2)10-13(16)17-12-6-8-14(3,4)9-7-12/h11-12,15H,5-10H2,1-4H3. The Hall–Kier alpha value is -0.570. The lowest BCUT2D eigenvalue weighted by Crippen LogP contribution is -2.32. The molecule has 3 nitrogen and oxygen atoms in total. The van der Waals surface area contributed by atoms with Crippen molar-refractivity contribution in [2.45, 2.75) is 71.9 Å². The summed E-state index contributed by atoms with van der Waals surface area (Å²) in [6.45, 7) is 9.54. The van der Waals surface area contributed by atoms with Crippen molar-refractivity contribution >= 4 is 5.97 Å². The Balaban J connectivity index is 2.23. The number of esters is 1. The van der Waals surface area contributed by atoms with Crippen molar-refractivity contribution in [3.8, 4) is 0 Å². The van der Waals surface area contributed by atoms with Crippen LogP contribution in [0.4, 0.5) is 0 Å². The molecule has 0 aliphatic heterocycles. The fraction of sp³-hybridized carbons (Fsp3) is 0.929. The molecule has 0 aromatic heterocycles. The van der Waals surface area contributed by atoms with Gasteiger partial charge in [-0.15, -0.1) is 0 Å². The highest BCUT2D eigenvalue weighted by Crippen LogP contribution is 2.36. The third kappa shape index (κ3) is 5.53. The smallest absolute Gasteiger partial charge is 0.307 e. The maximum Gasteiger partial charge on any atom is 0.307 e. The maximum absolute atomic E-state index is 11.7. The molecule has 0 radical (unpaired) electrons. The predicted molar refractivity (Wildman–Crippen MR) is 69.9 cm³/mol. The second kappa shape index (κ2) is 6.39. The van der Waals surface area contributed by atoms with Gasteiger partial charge in [0.25, 0.3) is 0 Å². The third-order valence-corrected chi connectivity index (χ3v) is 3.61. The van der Waals surface area contributed by atoms with Gasteiger partial charge >= 0.3 is 5.97 Å². The Labute approximate surface area is 105 Å². The van der Waals surface area contributed by atoms with Gasteiger partial charge in [-0.3, -0.25) is 4.79 Å². The Kier molecular flexibility index (Phi) is 5.44. The van der Waals surface area contributed by atoms with Crippen molar-refractivity contribution in [1.29, 1.82) is 0 Å². The summed E-state index contributed by atoms with van der Waals surface area (Å²) in [4.78, 5) is 11.7. The number of nitrogens with one attached hydrogen (secondary N) is 1. The van der Waals surface area contributed by atoms with Gasteiger partial charge in [0.2, 0.25) is 0 Å². The van der Waals surface area contributed by atoms with Gasteiger partial charge in [-0.25, -0.2) is 0 Å². The first kappa shape index (κ1) is 14.5. The summed E-state index contributed by atoms with van der Waals surface area (Å²) in [6, 6.07) is 0.215. The minimum atomic E-state index is -0.0526. The molecule has 1 N–H and O–H groups in total. The first-order valence-electron chi connectivity index (χ1n) is 6.86. The number of hydrogen-bond donors (Lipinski definition) is 1. The topological polar surface area (TPSA) is 38.3 Å². The van der Waals surface area contributed by atoms with Crippen LogP contribution in [-0.2, 0) is 9.53 Å². The van der Waals surface area contributed by atoms with Crippen LogP contribution in [0.3, 0.4) is 0 Å². The molecular weight excluding hydrogens is 214 g/mol. The van der Waals surface area contributed by atoms with Gasteiger partial charge in [0.1, 0.15) is 6.10 Å². The van der Waals surface area contributed by atoms with Crippen LogP contribution in [0.1, 0.15) is 59.8 Å². The molecule has 1 aliphatic rings. The van der Waals surface area contributed by atoms with E-state index in [9.17, 15) is 4.79 Å². The second-order valence-corrected chi connectivity index (χ2v) is 6.02. The van der Waals surface area contributed by atoms with Gasteiger partial charge in [-0.1, -0.05) is 20.8 Å². The van der Waals surface area contributed by atoms with E-state index in [1.807, 2.05) is 13.8 Å². The van der Waals surface area contributed by atoms with Gasteiger partial charge < -0.3 is 10.1 Å². The van der Waals surface area contributed by atoms with Crippen LogP contribution in [-0.4, -0.2) is 24.7 Å².